The summed E-state index contributed by atoms with van der Waals surface area (Å²) in [6.45, 7) is 20.5. The molecule has 286 valence electrons. The molecular formula is C40H66O10. The molecule has 5 rings (SSSR count). The third-order valence-electron chi connectivity index (χ3n) is 15.4. The van der Waals surface area contributed by atoms with E-state index in [1.165, 1.54) is 12.5 Å². The standard InChI is InChI=1S/C40H66O10/c1-22(13-19-39(10,35(3,4)5)50-23(2)42)24-15-20-40(34(46)47)26-11-12-28-36(6,7)29(16-17-37(28,8)25(26)14-18-38(24,40)9)49-33-32(45)31(44)30(43)27(21-41)48-33/h22,24,27-33,41,43-45H,11-21H2,1-10H3,(H,46,47). The van der Waals surface area contributed by atoms with Crippen LogP contribution in [0, 0.1) is 44.8 Å². The number of hydrogen-bond donors (Lipinski definition) is 5. The van der Waals surface area contributed by atoms with E-state index >= 15 is 0 Å². The summed E-state index contributed by atoms with van der Waals surface area (Å²) in [5.41, 5.74) is -0.248. The number of carboxylic acids is 1. The fourth-order valence-electron chi connectivity index (χ4n) is 11.9. The number of aliphatic carboxylic acids is 1. The van der Waals surface area contributed by atoms with Gasteiger partial charge in [-0.1, -0.05) is 66.5 Å². The molecule has 5 aliphatic rings. The van der Waals surface area contributed by atoms with E-state index in [1.807, 2.05) is 6.92 Å². The number of carboxylic acid groups (broad SMARTS) is 1. The first-order valence-electron chi connectivity index (χ1n) is 19.1. The summed E-state index contributed by atoms with van der Waals surface area (Å²) in [5, 5.41) is 52.4. The quantitative estimate of drug-likeness (QED) is 0.147. The van der Waals surface area contributed by atoms with Gasteiger partial charge in [-0.2, -0.15) is 0 Å². The maximum absolute atomic E-state index is 13.7. The maximum Gasteiger partial charge on any atom is 0.314 e. The molecule has 0 amide bonds. The molecule has 10 nitrogen and oxygen atoms in total. The van der Waals surface area contributed by atoms with E-state index in [0.29, 0.717) is 12.8 Å². The van der Waals surface area contributed by atoms with Gasteiger partial charge in [0.05, 0.1) is 18.1 Å². The number of aliphatic hydroxyl groups is 4. The van der Waals surface area contributed by atoms with Crippen LogP contribution in [0.15, 0.2) is 11.1 Å². The summed E-state index contributed by atoms with van der Waals surface area (Å²) in [5.74, 6) is -0.274. The zero-order valence-electron chi connectivity index (χ0n) is 32.3. The molecule has 3 fully saturated rings. The molecule has 13 atom stereocenters. The van der Waals surface area contributed by atoms with Crippen molar-refractivity contribution in [1.29, 1.82) is 0 Å². The summed E-state index contributed by atoms with van der Waals surface area (Å²) < 4.78 is 18.1. The summed E-state index contributed by atoms with van der Waals surface area (Å²) in [6, 6.07) is 0. The van der Waals surface area contributed by atoms with Crippen molar-refractivity contribution in [2.75, 3.05) is 6.61 Å². The van der Waals surface area contributed by atoms with Crippen LogP contribution < -0.4 is 0 Å². The number of aliphatic hydroxyl groups excluding tert-OH is 4. The lowest BCUT2D eigenvalue weighted by Crippen LogP contribution is -2.62. The molecule has 13 unspecified atom stereocenters. The second-order valence-electron chi connectivity index (χ2n) is 19.0. The molecule has 2 saturated carbocycles. The maximum atomic E-state index is 13.7. The Morgan fingerprint density at radius 2 is 1.58 bits per heavy atom. The van der Waals surface area contributed by atoms with Crippen molar-refractivity contribution in [2.45, 2.75) is 176 Å². The largest absolute Gasteiger partial charge is 0.481 e. The van der Waals surface area contributed by atoms with Gasteiger partial charge in [0.15, 0.2) is 6.29 Å². The number of rotatable bonds is 9. The first-order valence-corrected chi connectivity index (χ1v) is 19.1. The molecule has 0 aromatic carbocycles. The van der Waals surface area contributed by atoms with E-state index in [0.717, 1.165) is 56.9 Å². The Bertz CT molecular complexity index is 1330. The van der Waals surface area contributed by atoms with Crippen LogP contribution in [-0.2, 0) is 23.8 Å². The predicted octanol–water partition coefficient (Wildman–Crippen LogP) is 5.77. The van der Waals surface area contributed by atoms with Crippen molar-refractivity contribution in [3.05, 3.63) is 11.1 Å². The molecule has 50 heavy (non-hydrogen) atoms. The van der Waals surface area contributed by atoms with E-state index in [2.05, 4.69) is 55.4 Å². The van der Waals surface area contributed by atoms with Crippen molar-refractivity contribution >= 4 is 11.9 Å². The van der Waals surface area contributed by atoms with Crippen LogP contribution in [0.4, 0.5) is 0 Å². The molecule has 1 aliphatic heterocycles. The molecule has 4 aliphatic carbocycles. The van der Waals surface area contributed by atoms with E-state index in [4.69, 9.17) is 14.2 Å². The van der Waals surface area contributed by atoms with Crippen LogP contribution >= 0.6 is 0 Å². The van der Waals surface area contributed by atoms with E-state index in [1.54, 1.807) is 0 Å². The zero-order valence-corrected chi connectivity index (χ0v) is 32.3. The van der Waals surface area contributed by atoms with Crippen LogP contribution in [-0.4, -0.2) is 86.5 Å². The number of carbonyl (C=O) groups is 2. The predicted molar refractivity (Wildman–Crippen MR) is 188 cm³/mol. The van der Waals surface area contributed by atoms with Crippen molar-refractivity contribution in [2.24, 2.45) is 44.8 Å². The average Bonchev–Trinajstić information content (AvgIpc) is 3.34. The van der Waals surface area contributed by atoms with Crippen LogP contribution in [0.2, 0.25) is 0 Å². The van der Waals surface area contributed by atoms with Gasteiger partial charge in [0, 0.05) is 12.3 Å². The number of fused-ring (bicyclic) bond motifs is 4. The highest BCUT2D eigenvalue weighted by atomic mass is 16.7. The van der Waals surface area contributed by atoms with Gasteiger partial charge >= 0.3 is 11.9 Å². The normalized spacial score (nSPS) is 43.2. The molecule has 0 aromatic heterocycles. The van der Waals surface area contributed by atoms with Crippen molar-refractivity contribution in [1.82, 2.24) is 0 Å². The Balaban J connectivity index is 1.40. The monoisotopic (exact) mass is 706 g/mol. The molecule has 5 N–H and O–H groups in total. The highest BCUT2D eigenvalue weighted by Crippen LogP contribution is 2.73. The molecule has 10 heteroatoms. The summed E-state index contributed by atoms with van der Waals surface area (Å²) in [4.78, 5) is 25.8. The molecule has 1 heterocycles. The third kappa shape index (κ3) is 6.00. The molecule has 0 aromatic rings. The summed E-state index contributed by atoms with van der Waals surface area (Å²) >= 11 is 0. The van der Waals surface area contributed by atoms with Gasteiger partial charge in [0.25, 0.3) is 0 Å². The number of allylic oxidation sites excluding steroid dienone is 1. The van der Waals surface area contributed by atoms with Gasteiger partial charge in [0.1, 0.15) is 30.0 Å². The van der Waals surface area contributed by atoms with E-state index in [9.17, 15) is 35.1 Å². The van der Waals surface area contributed by atoms with Gasteiger partial charge in [-0.05, 0) is 105 Å². The van der Waals surface area contributed by atoms with Gasteiger partial charge in [0.2, 0.25) is 0 Å². The molecule has 0 bridgehead atoms. The minimum absolute atomic E-state index is 0.195. The Morgan fingerprint density at radius 3 is 2.16 bits per heavy atom. The highest BCUT2D eigenvalue weighted by Gasteiger charge is 2.68. The molecule has 0 spiro atoms. The number of hydrogen-bond acceptors (Lipinski definition) is 9. The zero-order chi connectivity index (χ0) is 37.4. The lowest BCUT2D eigenvalue weighted by molar-refractivity contribution is -0.325. The van der Waals surface area contributed by atoms with Crippen molar-refractivity contribution in [3.63, 3.8) is 0 Å². The van der Waals surface area contributed by atoms with Crippen molar-refractivity contribution < 1.29 is 49.3 Å². The second-order valence-corrected chi connectivity index (χ2v) is 19.0. The Labute approximate surface area is 299 Å². The Morgan fingerprint density at radius 1 is 0.920 bits per heavy atom. The van der Waals surface area contributed by atoms with E-state index in [-0.39, 0.29) is 46.1 Å². The van der Waals surface area contributed by atoms with Gasteiger partial charge < -0.3 is 39.7 Å². The van der Waals surface area contributed by atoms with Crippen LogP contribution in [0.5, 0.6) is 0 Å². The molecule has 1 saturated heterocycles. The molecule has 0 radical (unpaired) electrons. The smallest absolute Gasteiger partial charge is 0.314 e. The summed E-state index contributed by atoms with van der Waals surface area (Å²) in [6.07, 6.45) is 0.871. The Kier molecular flexibility index (Phi) is 10.6. The number of carbonyl (C=O) groups excluding carboxylic acids is 1. The lowest BCUT2D eigenvalue weighted by atomic mass is 9.43. The first kappa shape index (κ1) is 39.6. The van der Waals surface area contributed by atoms with Crippen LogP contribution in [0.25, 0.3) is 0 Å². The first-order chi connectivity index (χ1) is 23.0. The highest BCUT2D eigenvalue weighted by molar-refractivity contribution is 5.82. The van der Waals surface area contributed by atoms with E-state index < -0.39 is 59.7 Å². The van der Waals surface area contributed by atoms with Crippen LogP contribution in [0.1, 0.15) is 133 Å². The number of ether oxygens (including phenoxy) is 3. The fraction of sp³-hybridized carbons (Fsp3) is 0.900. The van der Waals surface area contributed by atoms with Crippen molar-refractivity contribution in [3.8, 4) is 0 Å². The topological polar surface area (TPSA) is 163 Å². The molecular weight excluding hydrogens is 640 g/mol. The Hall–Kier alpha value is -1.56. The third-order valence-corrected chi connectivity index (χ3v) is 15.4. The minimum Gasteiger partial charge on any atom is -0.481 e. The van der Waals surface area contributed by atoms with Gasteiger partial charge in [-0.15, -0.1) is 0 Å². The number of esters is 1. The van der Waals surface area contributed by atoms with Gasteiger partial charge in [-0.3, -0.25) is 9.59 Å². The summed E-state index contributed by atoms with van der Waals surface area (Å²) in [7, 11) is 0. The lowest BCUT2D eigenvalue weighted by Gasteiger charge is -2.62. The SMILES string of the molecule is CC(=O)OC(C)(CCC(C)C1CCC2(C(=O)O)C3=C(CCC12C)C1(C)CCC(OC2OC(CO)C(O)C(O)C2O)C(C)(C)C1CC3)C(C)(C)C. The minimum atomic E-state index is -1.50. The van der Waals surface area contributed by atoms with Gasteiger partial charge in [-0.25, -0.2) is 0 Å². The average molecular weight is 707 g/mol. The second kappa shape index (κ2) is 13.4. The fourth-order valence-corrected chi connectivity index (χ4v) is 11.9. The van der Waals surface area contributed by atoms with Crippen LogP contribution in [0.3, 0.4) is 0 Å².